The number of likely N-dealkylation sites (tertiary alicyclic amines) is 1. The first-order valence-electron chi connectivity index (χ1n) is 8.22. The van der Waals surface area contributed by atoms with Crippen molar-refractivity contribution in [2.24, 2.45) is 5.92 Å². The Morgan fingerprint density at radius 1 is 1.45 bits per heavy atom. The molecule has 22 heavy (non-hydrogen) atoms. The van der Waals surface area contributed by atoms with E-state index in [0.29, 0.717) is 13.0 Å². The van der Waals surface area contributed by atoms with E-state index in [4.69, 9.17) is 4.74 Å². The molecule has 0 N–H and O–H groups in total. The number of carbonyl (C=O) groups excluding carboxylic acids is 2. The standard InChI is InChI=1S/C18H29NO3/c1-5-7-9-14(3)15(4)19-12-11-16(10-8-13-20)17(19)18(21)22-6-2/h5,7,9,13,15-17H,6,8,10-12H2,1-4H3/t15-,16+,17-/m0/s1. The van der Waals surface area contributed by atoms with Crippen molar-refractivity contribution >= 4 is 12.3 Å². The van der Waals surface area contributed by atoms with Crippen LogP contribution in [0.3, 0.4) is 0 Å². The van der Waals surface area contributed by atoms with Gasteiger partial charge in [-0.15, -0.1) is 0 Å². The number of allylic oxidation sites excluding steroid dienone is 3. The van der Waals surface area contributed by atoms with Crippen LogP contribution in [0.4, 0.5) is 0 Å². The van der Waals surface area contributed by atoms with Crippen molar-refractivity contribution in [3.63, 3.8) is 0 Å². The second-order valence-corrected chi connectivity index (χ2v) is 5.84. The molecule has 0 amide bonds. The van der Waals surface area contributed by atoms with Crippen molar-refractivity contribution in [3.05, 3.63) is 23.8 Å². The maximum absolute atomic E-state index is 12.4. The molecule has 1 aliphatic heterocycles. The normalized spacial score (nSPS) is 24.6. The first kappa shape index (κ1) is 18.6. The predicted octanol–water partition coefficient (Wildman–Crippen LogP) is 3.13. The predicted molar refractivity (Wildman–Crippen MR) is 88.6 cm³/mol. The van der Waals surface area contributed by atoms with Crippen molar-refractivity contribution in [1.29, 1.82) is 0 Å². The maximum atomic E-state index is 12.4. The van der Waals surface area contributed by atoms with E-state index in [1.807, 2.05) is 26.0 Å². The van der Waals surface area contributed by atoms with E-state index in [2.05, 4.69) is 24.8 Å². The molecule has 1 heterocycles. The summed E-state index contributed by atoms with van der Waals surface area (Å²) in [5.74, 6) is 0.0581. The van der Waals surface area contributed by atoms with Crippen LogP contribution in [0.5, 0.6) is 0 Å². The molecule has 0 spiro atoms. The monoisotopic (exact) mass is 307 g/mol. The van der Waals surface area contributed by atoms with Crippen LogP contribution in [0.2, 0.25) is 0 Å². The van der Waals surface area contributed by atoms with Crippen molar-refractivity contribution in [2.45, 2.75) is 59.0 Å². The van der Waals surface area contributed by atoms with Gasteiger partial charge in [0.2, 0.25) is 0 Å². The molecule has 1 aliphatic rings. The van der Waals surface area contributed by atoms with Crippen molar-refractivity contribution in [1.82, 2.24) is 4.90 Å². The van der Waals surface area contributed by atoms with Crippen LogP contribution < -0.4 is 0 Å². The Bertz CT molecular complexity index is 428. The Hall–Kier alpha value is -1.42. The summed E-state index contributed by atoms with van der Waals surface area (Å²) in [5, 5.41) is 0. The van der Waals surface area contributed by atoms with E-state index in [9.17, 15) is 9.59 Å². The molecule has 0 unspecified atom stereocenters. The lowest BCUT2D eigenvalue weighted by molar-refractivity contribution is -0.150. The van der Waals surface area contributed by atoms with Crippen LogP contribution in [0.15, 0.2) is 23.8 Å². The second-order valence-electron chi connectivity index (χ2n) is 5.84. The summed E-state index contributed by atoms with van der Waals surface area (Å²) in [6.45, 7) is 9.30. The Morgan fingerprint density at radius 3 is 2.77 bits per heavy atom. The second kappa shape index (κ2) is 9.57. The minimum atomic E-state index is -0.233. The largest absolute Gasteiger partial charge is 0.465 e. The van der Waals surface area contributed by atoms with E-state index in [0.717, 1.165) is 25.7 Å². The van der Waals surface area contributed by atoms with Gasteiger partial charge in [0.1, 0.15) is 12.3 Å². The van der Waals surface area contributed by atoms with E-state index < -0.39 is 0 Å². The fraction of sp³-hybridized carbons (Fsp3) is 0.667. The lowest BCUT2D eigenvalue weighted by Crippen LogP contribution is -2.45. The van der Waals surface area contributed by atoms with E-state index in [1.54, 1.807) is 0 Å². The molecule has 1 rings (SSSR count). The van der Waals surface area contributed by atoms with Crippen LogP contribution >= 0.6 is 0 Å². The fourth-order valence-corrected chi connectivity index (χ4v) is 3.11. The van der Waals surface area contributed by atoms with Gasteiger partial charge in [0.05, 0.1) is 6.61 Å². The zero-order valence-corrected chi connectivity index (χ0v) is 14.2. The zero-order valence-electron chi connectivity index (χ0n) is 14.2. The van der Waals surface area contributed by atoms with Gasteiger partial charge < -0.3 is 9.53 Å². The average molecular weight is 307 g/mol. The Labute approximate surface area is 134 Å². The molecule has 0 radical (unpaired) electrons. The van der Waals surface area contributed by atoms with Crippen LogP contribution in [0.1, 0.15) is 47.0 Å². The van der Waals surface area contributed by atoms with Gasteiger partial charge in [0, 0.05) is 12.5 Å². The van der Waals surface area contributed by atoms with Gasteiger partial charge in [-0.1, -0.05) is 23.8 Å². The van der Waals surface area contributed by atoms with Crippen molar-refractivity contribution < 1.29 is 14.3 Å². The van der Waals surface area contributed by atoms with Gasteiger partial charge in [-0.3, -0.25) is 9.69 Å². The third-order valence-electron chi connectivity index (χ3n) is 4.45. The molecule has 4 heteroatoms. The molecule has 0 saturated carbocycles. The lowest BCUT2D eigenvalue weighted by Gasteiger charge is -2.32. The molecule has 4 nitrogen and oxygen atoms in total. The SMILES string of the molecule is CC=CC=C(C)[C@H](C)N1CC[C@@H](CCC=O)[C@H]1C(=O)OCC. The number of hydrogen-bond acceptors (Lipinski definition) is 4. The summed E-state index contributed by atoms with van der Waals surface area (Å²) < 4.78 is 5.27. The molecule has 0 aliphatic carbocycles. The molecule has 124 valence electrons. The highest BCUT2D eigenvalue weighted by molar-refractivity contribution is 5.76. The van der Waals surface area contributed by atoms with Crippen molar-refractivity contribution in [2.75, 3.05) is 13.2 Å². The highest BCUT2D eigenvalue weighted by atomic mass is 16.5. The lowest BCUT2D eigenvalue weighted by atomic mass is 9.94. The van der Waals surface area contributed by atoms with Gasteiger partial charge in [-0.25, -0.2) is 0 Å². The van der Waals surface area contributed by atoms with Gasteiger partial charge in [0.15, 0.2) is 0 Å². The number of aldehydes is 1. The average Bonchev–Trinajstić information content (AvgIpc) is 2.93. The first-order valence-corrected chi connectivity index (χ1v) is 8.22. The Kier molecular flexibility index (Phi) is 8.10. The van der Waals surface area contributed by atoms with E-state index in [-0.39, 0.29) is 24.0 Å². The maximum Gasteiger partial charge on any atom is 0.323 e. The summed E-state index contributed by atoms with van der Waals surface area (Å²) >= 11 is 0. The highest BCUT2D eigenvalue weighted by Gasteiger charge is 2.42. The van der Waals surface area contributed by atoms with Gasteiger partial charge in [0.25, 0.3) is 0 Å². The third-order valence-corrected chi connectivity index (χ3v) is 4.45. The molecule has 1 saturated heterocycles. The number of rotatable bonds is 8. The third kappa shape index (κ3) is 4.80. The summed E-state index contributed by atoms with van der Waals surface area (Å²) in [4.78, 5) is 25.3. The van der Waals surface area contributed by atoms with Crippen LogP contribution in [0, 0.1) is 5.92 Å². The van der Waals surface area contributed by atoms with Crippen LogP contribution in [-0.4, -0.2) is 42.4 Å². The number of hydrogen-bond donors (Lipinski definition) is 0. The summed E-state index contributed by atoms with van der Waals surface area (Å²) in [5.41, 5.74) is 1.23. The van der Waals surface area contributed by atoms with Crippen molar-refractivity contribution in [3.8, 4) is 0 Å². The van der Waals surface area contributed by atoms with Gasteiger partial charge >= 0.3 is 5.97 Å². The molecule has 3 atom stereocenters. The topological polar surface area (TPSA) is 46.6 Å². The summed E-state index contributed by atoms with van der Waals surface area (Å²) in [7, 11) is 0. The molecular weight excluding hydrogens is 278 g/mol. The van der Waals surface area contributed by atoms with Crippen LogP contribution in [0.25, 0.3) is 0 Å². The minimum absolute atomic E-state index is 0.151. The minimum Gasteiger partial charge on any atom is -0.465 e. The molecule has 0 bridgehead atoms. The Morgan fingerprint density at radius 2 is 2.18 bits per heavy atom. The number of ether oxygens (including phenoxy) is 1. The zero-order chi connectivity index (χ0) is 16.5. The quantitative estimate of drug-likeness (QED) is 0.393. The molecular formula is C18H29NO3. The fourth-order valence-electron chi connectivity index (χ4n) is 3.11. The summed E-state index contributed by atoms with van der Waals surface area (Å²) in [6, 6.07) is -0.0457. The summed E-state index contributed by atoms with van der Waals surface area (Å²) in [6.07, 6.45) is 9.25. The molecule has 0 aromatic carbocycles. The molecule has 0 aromatic rings. The molecule has 0 aromatic heterocycles. The van der Waals surface area contributed by atoms with Gasteiger partial charge in [-0.05, 0) is 53.0 Å². The van der Waals surface area contributed by atoms with Crippen LogP contribution in [-0.2, 0) is 14.3 Å². The smallest absolute Gasteiger partial charge is 0.323 e. The number of carbonyl (C=O) groups is 2. The molecule has 1 fully saturated rings. The Balaban J connectivity index is 2.91. The first-order chi connectivity index (χ1) is 10.6. The number of nitrogens with zero attached hydrogens (tertiary/aromatic N) is 1. The van der Waals surface area contributed by atoms with E-state index in [1.165, 1.54) is 5.57 Å². The van der Waals surface area contributed by atoms with E-state index >= 15 is 0 Å². The number of esters is 1. The highest BCUT2D eigenvalue weighted by Crippen LogP contribution is 2.32. The van der Waals surface area contributed by atoms with Gasteiger partial charge in [-0.2, -0.15) is 0 Å².